The van der Waals surface area contributed by atoms with E-state index in [1.54, 1.807) is 0 Å². The quantitative estimate of drug-likeness (QED) is 0.675. The van der Waals surface area contributed by atoms with Crippen molar-refractivity contribution in [1.29, 1.82) is 0 Å². The van der Waals surface area contributed by atoms with Crippen LogP contribution in [-0.4, -0.2) is 22.1 Å². The Balaban J connectivity index is 2.22. The minimum atomic E-state index is -0.711. The van der Waals surface area contributed by atoms with Crippen LogP contribution in [0.15, 0.2) is 36.4 Å². The van der Waals surface area contributed by atoms with Crippen LogP contribution < -0.4 is 0 Å². The van der Waals surface area contributed by atoms with Crippen LogP contribution in [0.25, 0.3) is 0 Å². The first kappa shape index (κ1) is 14.6. The van der Waals surface area contributed by atoms with Crippen LogP contribution in [0.2, 0.25) is 0 Å². The van der Waals surface area contributed by atoms with Crippen molar-refractivity contribution in [1.82, 2.24) is 0 Å². The Hall–Kier alpha value is -2.30. The van der Waals surface area contributed by atoms with Crippen molar-refractivity contribution in [3.63, 3.8) is 0 Å². The first-order valence-corrected chi connectivity index (χ1v) is 6.93. The molecule has 0 aromatic heterocycles. The minimum Gasteiger partial charge on any atom is -0.289 e. The van der Waals surface area contributed by atoms with Crippen LogP contribution in [0.5, 0.6) is 0 Å². The normalized spacial score (nSPS) is 12.6. The number of carbonyl (C=O) groups excluding carboxylic acids is 4. The second-order valence-electron chi connectivity index (χ2n) is 4.73. The van der Waals surface area contributed by atoms with Gasteiger partial charge in [-0.1, -0.05) is 0 Å². The standard InChI is InChI=1S/C16H6Cl2O4/c17-15(21)7-1-3-9-11(5-7)14(20)10-4-2-8(16(18)22)6-12(10)13(9)19/h1-6H. The summed E-state index contributed by atoms with van der Waals surface area (Å²) < 4.78 is 0. The number of ketones is 2. The van der Waals surface area contributed by atoms with Crippen LogP contribution in [0, 0.1) is 0 Å². The Labute approximate surface area is 134 Å². The Morgan fingerprint density at radius 2 is 1.00 bits per heavy atom. The van der Waals surface area contributed by atoms with E-state index >= 15 is 0 Å². The Morgan fingerprint density at radius 1 is 0.636 bits per heavy atom. The molecule has 0 N–H and O–H groups in total. The molecule has 3 rings (SSSR count). The van der Waals surface area contributed by atoms with Gasteiger partial charge >= 0.3 is 0 Å². The molecule has 0 saturated heterocycles. The SMILES string of the molecule is O=C(Cl)c1ccc2c(c1)C(=O)c1ccc(C(=O)Cl)cc1C2=O. The number of rotatable bonds is 2. The van der Waals surface area contributed by atoms with E-state index in [1.807, 2.05) is 0 Å². The fourth-order valence-electron chi connectivity index (χ4n) is 2.39. The molecule has 0 radical (unpaired) electrons. The molecule has 0 saturated carbocycles. The number of halogens is 2. The molecule has 108 valence electrons. The Bertz CT molecular complexity index is 810. The first-order chi connectivity index (χ1) is 10.4. The van der Waals surface area contributed by atoms with Gasteiger partial charge in [-0.3, -0.25) is 19.2 Å². The molecular weight excluding hydrogens is 327 g/mol. The van der Waals surface area contributed by atoms with Crippen molar-refractivity contribution in [2.24, 2.45) is 0 Å². The lowest BCUT2D eigenvalue weighted by molar-refractivity contribution is 0.0978. The van der Waals surface area contributed by atoms with Crippen LogP contribution >= 0.6 is 23.2 Å². The average Bonchev–Trinajstić information content (AvgIpc) is 2.51. The summed E-state index contributed by atoms with van der Waals surface area (Å²) in [6, 6.07) is 8.11. The van der Waals surface area contributed by atoms with E-state index < -0.39 is 22.1 Å². The van der Waals surface area contributed by atoms with E-state index in [0.29, 0.717) is 0 Å². The molecule has 0 fully saturated rings. The third-order valence-electron chi connectivity index (χ3n) is 3.47. The molecule has 6 heteroatoms. The Morgan fingerprint density at radius 3 is 1.32 bits per heavy atom. The summed E-state index contributed by atoms with van der Waals surface area (Å²) in [5, 5.41) is -1.42. The van der Waals surface area contributed by atoms with Gasteiger partial charge in [-0.25, -0.2) is 0 Å². The Kier molecular flexibility index (Phi) is 3.43. The number of carbonyl (C=O) groups is 4. The third-order valence-corrected chi connectivity index (χ3v) is 3.91. The van der Waals surface area contributed by atoms with Gasteiger partial charge < -0.3 is 0 Å². The van der Waals surface area contributed by atoms with Crippen LogP contribution in [-0.2, 0) is 0 Å². The minimum absolute atomic E-state index is 0.119. The van der Waals surface area contributed by atoms with Gasteiger partial charge in [0, 0.05) is 33.4 Å². The average molecular weight is 333 g/mol. The van der Waals surface area contributed by atoms with Crippen LogP contribution in [0.4, 0.5) is 0 Å². The van der Waals surface area contributed by atoms with Crippen molar-refractivity contribution < 1.29 is 19.2 Å². The van der Waals surface area contributed by atoms with Crippen LogP contribution in [0.3, 0.4) is 0 Å². The smallest absolute Gasteiger partial charge is 0.252 e. The fraction of sp³-hybridized carbons (Fsp3) is 0. The van der Waals surface area contributed by atoms with Crippen molar-refractivity contribution in [2.45, 2.75) is 0 Å². The molecule has 4 nitrogen and oxygen atoms in total. The lowest BCUT2D eigenvalue weighted by Gasteiger charge is -2.18. The lowest BCUT2D eigenvalue weighted by Crippen LogP contribution is -2.21. The molecule has 1 aliphatic carbocycles. The summed E-state index contributed by atoms with van der Waals surface area (Å²) in [6.45, 7) is 0. The molecule has 0 unspecified atom stereocenters. The number of hydrogen-bond donors (Lipinski definition) is 0. The third kappa shape index (κ3) is 2.17. The second kappa shape index (κ2) is 5.16. The largest absolute Gasteiger partial charge is 0.289 e. The number of benzene rings is 2. The van der Waals surface area contributed by atoms with Crippen molar-refractivity contribution in [3.8, 4) is 0 Å². The van der Waals surface area contributed by atoms with Gasteiger partial charge in [0.15, 0.2) is 11.6 Å². The predicted molar refractivity (Wildman–Crippen MR) is 80.1 cm³/mol. The summed E-state index contributed by atoms with van der Waals surface area (Å²) in [7, 11) is 0. The number of fused-ring (bicyclic) bond motifs is 2. The van der Waals surface area contributed by atoms with Gasteiger partial charge in [0.25, 0.3) is 10.5 Å². The van der Waals surface area contributed by atoms with E-state index in [1.165, 1.54) is 36.4 Å². The molecule has 22 heavy (non-hydrogen) atoms. The highest BCUT2D eigenvalue weighted by atomic mass is 35.5. The molecule has 2 aromatic carbocycles. The fourth-order valence-corrected chi connectivity index (χ4v) is 2.63. The zero-order valence-electron chi connectivity index (χ0n) is 10.9. The van der Waals surface area contributed by atoms with E-state index in [-0.39, 0.29) is 33.4 Å². The van der Waals surface area contributed by atoms with Gasteiger partial charge in [0.1, 0.15) is 0 Å². The summed E-state index contributed by atoms with van der Waals surface area (Å²) >= 11 is 10.8. The van der Waals surface area contributed by atoms with E-state index in [9.17, 15) is 19.2 Å². The summed E-state index contributed by atoms with van der Waals surface area (Å²) in [5.74, 6) is -0.809. The van der Waals surface area contributed by atoms with Crippen molar-refractivity contribution in [3.05, 3.63) is 69.8 Å². The van der Waals surface area contributed by atoms with Gasteiger partial charge in [0.2, 0.25) is 0 Å². The highest BCUT2D eigenvalue weighted by Crippen LogP contribution is 2.29. The topological polar surface area (TPSA) is 68.3 Å². The van der Waals surface area contributed by atoms with Crippen molar-refractivity contribution in [2.75, 3.05) is 0 Å². The van der Waals surface area contributed by atoms with E-state index in [2.05, 4.69) is 0 Å². The first-order valence-electron chi connectivity index (χ1n) is 6.17. The molecular formula is C16H6Cl2O4. The molecule has 0 bridgehead atoms. The maximum absolute atomic E-state index is 12.5. The highest BCUT2D eigenvalue weighted by Gasteiger charge is 2.30. The van der Waals surface area contributed by atoms with E-state index in [0.717, 1.165) is 0 Å². The molecule has 0 spiro atoms. The molecule has 0 atom stereocenters. The second-order valence-corrected chi connectivity index (χ2v) is 5.41. The molecule has 1 aliphatic rings. The molecule has 0 aliphatic heterocycles. The maximum Gasteiger partial charge on any atom is 0.252 e. The summed E-state index contributed by atoms with van der Waals surface area (Å²) in [4.78, 5) is 47.4. The van der Waals surface area contributed by atoms with Crippen LogP contribution in [0.1, 0.15) is 52.6 Å². The summed E-state index contributed by atoms with van der Waals surface area (Å²) in [5.41, 5.74) is 0.842. The predicted octanol–water partition coefficient (Wildman–Crippen LogP) is 3.22. The zero-order chi connectivity index (χ0) is 16.0. The molecule has 2 aromatic rings. The maximum atomic E-state index is 12.5. The number of hydrogen-bond acceptors (Lipinski definition) is 4. The highest BCUT2D eigenvalue weighted by molar-refractivity contribution is 6.68. The lowest BCUT2D eigenvalue weighted by atomic mass is 9.83. The van der Waals surface area contributed by atoms with Crippen molar-refractivity contribution >= 4 is 45.3 Å². The monoisotopic (exact) mass is 332 g/mol. The zero-order valence-corrected chi connectivity index (χ0v) is 12.4. The summed E-state index contributed by atoms with van der Waals surface area (Å²) in [6.07, 6.45) is 0. The van der Waals surface area contributed by atoms with Gasteiger partial charge in [-0.05, 0) is 59.6 Å². The van der Waals surface area contributed by atoms with Gasteiger partial charge in [-0.15, -0.1) is 0 Å². The van der Waals surface area contributed by atoms with E-state index in [4.69, 9.17) is 23.2 Å². The van der Waals surface area contributed by atoms with Gasteiger partial charge in [-0.2, -0.15) is 0 Å². The molecule has 0 heterocycles. The van der Waals surface area contributed by atoms with Gasteiger partial charge in [0.05, 0.1) is 0 Å². The molecule has 0 amide bonds.